The van der Waals surface area contributed by atoms with Crippen molar-refractivity contribution in [3.05, 3.63) is 35.4 Å². The topological polar surface area (TPSA) is 55.1 Å². The summed E-state index contributed by atoms with van der Waals surface area (Å²) in [6.07, 6.45) is 5.10. The van der Waals surface area contributed by atoms with Gasteiger partial charge in [-0.3, -0.25) is 4.79 Å². The molecule has 1 unspecified atom stereocenters. The van der Waals surface area contributed by atoms with E-state index in [1.165, 1.54) is 19.3 Å². The summed E-state index contributed by atoms with van der Waals surface area (Å²) in [4.78, 5) is 12.0. The monoisotopic (exact) mass is 262 g/mol. The quantitative estimate of drug-likeness (QED) is 0.708. The van der Waals surface area contributed by atoms with Gasteiger partial charge in [-0.15, -0.1) is 0 Å². The third kappa shape index (κ3) is 5.88. The number of nitrogens with one attached hydrogen (secondary N) is 1. The maximum Gasteiger partial charge on any atom is 0.224 e. The van der Waals surface area contributed by atoms with Gasteiger partial charge in [-0.1, -0.05) is 50.5 Å². The van der Waals surface area contributed by atoms with E-state index in [0.29, 0.717) is 13.0 Å². The van der Waals surface area contributed by atoms with Crippen molar-refractivity contribution in [1.82, 2.24) is 5.32 Å². The Morgan fingerprint density at radius 1 is 1.26 bits per heavy atom. The first-order valence-electron chi connectivity index (χ1n) is 7.23. The number of hydrogen-bond acceptors (Lipinski definition) is 2. The molecule has 0 fully saturated rings. The Balaban J connectivity index is 2.42. The molecule has 0 spiro atoms. The van der Waals surface area contributed by atoms with Crippen molar-refractivity contribution in [2.45, 2.75) is 58.5 Å². The van der Waals surface area contributed by atoms with Gasteiger partial charge in [0.25, 0.3) is 0 Å². The standard InChI is InChI=1S/C16H26N2O/c1-3-4-5-8-13(2)18-16(19)11-14-9-6-7-10-15(14)12-17/h6-7,9-10,13H,3-5,8,11-12,17H2,1-2H3,(H,18,19). The van der Waals surface area contributed by atoms with E-state index >= 15 is 0 Å². The van der Waals surface area contributed by atoms with E-state index in [-0.39, 0.29) is 11.9 Å². The molecule has 19 heavy (non-hydrogen) atoms. The summed E-state index contributed by atoms with van der Waals surface area (Å²) in [6.45, 7) is 4.74. The van der Waals surface area contributed by atoms with Gasteiger partial charge in [0.15, 0.2) is 0 Å². The first-order valence-corrected chi connectivity index (χ1v) is 7.23. The zero-order valence-corrected chi connectivity index (χ0v) is 12.1. The molecule has 3 N–H and O–H groups in total. The van der Waals surface area contributed by atoms with Crippen LogP contribution in [0.3, 0.4) is 0 Å². The maximum atomic E-state index is 12.0. The van der Waals surface area contributed by atoms with Crippen LogP contribution in [-0.2, 0) is 17.8 Å². The minimum atomic E-state index is 0.0879. The van der Waals surface area contributed by atoms with E-state index in [1.807, 2.05) is 24.3 Å². The predicted octanol–water partition coefficient (Wildman–Crippen LogP) is 2.77. The summed E-state index contributed by atoms with van der Waals surface area (Å²) in [7, 11) is 0. The smallest absolute Gasteiger partial charge is 0.224 e. The normalized spacial score (nSPS) is 12.2. The minimum absolute atomic E-state index is 0.0879. The highest BCUT2D eigenvalue weighted by Crippen LogP contribution is 2.09. The van der Waals surface area contributed by atoms with Crippen LogP contribution in [0.5, 0.6) is 0 Å². The van der Waals surface area contributed by atoms with Crippen LogP contribution < -0.4 is 11.1 Å². The van der Waals surface area contributed by atoms with Gasteiger partial charge < -0.3 is 11.1 Å². The molecule has 1 aromatic rings. The average Bonchev–Trinajstić information content (AvgIpc) is 2.39. The van der Waals surface area contributed by atoms with Crippen molar-refractivity contribution in [1.29, 1.82) is 0 Å². The molecule has 0 aliphatic heterocycles. The number of hydrogen-bond donors (Lipinski definition) is 2. The van der Waals surface area contributed by atoms with Gasteiger partial charge >= 0.3 is 0 Å². The molecule has 1 amide bonds. The molecule has 106 valence electrons. The predicted molar refractivity (Wildman–Crippen MR) is 79.8 cm³/mol. The first-order chi connectivity index (χ1) is 9.17. The van der Waals surface area contributed by atoms with Crippen molar-refractivity contribution in [2.75, 3.05) is 0 Å². The zero-order valence-electron chi connectivity index (χ0n) is 12.1. The zero-order chi connectivity index (χ0) is 14.1. The highest BCUT2D eigenvalue weighted by molar-refractivity contribution is 5.79. The molecule has 1 atom stereocenters. The molecule has 3 nitrogen and oxygen atoms in total. The van der Waals surface area contributed by atoms with Crippen molar-refractivity contribution in [3.8, 4) is 0 Å². The van der Waals surface area contributed by atoms with Crippen molar-refractivity contribution >= 4 is 5.91 Å². The van der Waals surface area contributed by atoms with E-state index in [1.54, 1.807) is 0 Å². The summed E-state index contributed by atoms with van der Waals surface area (Å²) in [6, 6.07) is 8.12. The lowest BCUT2D eigenvalue weighted by Crippen LogP contribution is -2.33. The number of rotatable bonds is 8. The van der Waals surface area contributed by atoms with E-state index in [4.69, 9.17) is 5.73 Å². The molecular formula is C16H26N2O. The summed E-state index contributed by atoms with van der Waals surface area (Å²) < 4.78 is 0. The molecule has 0 saturated heterocycles. The van der Waals surface area contributed by atoms with Crippen LogP contribution in [0.1, 0.15) is 50.7 Å². The fourth-order valence-electron chi connectivity index (χ4n) is 2.20. The number of carbonyl (C=O) groups is 1. The average molecular weight is 262 g/mol. The Kier molecular flexibility index (Phi) is 7.19. The molecule has 3 heteroatoms. The minimum Gasteiger partial charge on any atom is -0.353 e. The van der Waals surface area contributed by atoms with E-state index in [0.717, 1.165) is 17.5 Å². The highest BCUT2D eigenvalue weighted by atomic mass is 16.1. The first kappa shape index (κ1) is 15.7. The Bertz CT molecular complexity index is 390. The van der Waals surface area contributed by atoms with Crippen LogP contribution in [0.2, 0.25) is 0 Å². The number of nitrogens with two attached hydrogens (primary N) is 1. The Hall–Kier alpha value is -1.35. The number of carbonyl (C=O) groups excluding carboxylic acids is 1. The Labute approximate surface area is 116 Å². The highest BCUT2D eigenvalue weighted by Gasteiger charge is 2.09. The van der Waals surface area contributed by atoms with Gasteiger partial charge in [-0.05, 0) is 24.5 Å². The lowest BCUT2D eigenvalue weighted by Gasteiger charge is -2.14. The Morgan fingerprint density at radius 2 is 1.95 bits per heavy atom. The second kappa shape index (κ2) is 8.70. The molecule has 0 bridgehead atoms. The lowest BCUT2D eigenvalue weighted by molar-refractivity contribution is -0.121. The molecule has 0 aliphatic rings. The molecule has 1 rings (SSSR count). The lowest BCUT2D eigenvalue weighted by atomic mass is 10.0. The van der Waals surface area contributed by atoms with Crippen LogP contribution in [0.15, 0.2) is 24.3 Å². The van der Waals surface area contributed by atoms with Gasteiger partial charge in [0.1, 0.15) is 0 Å². The number of benzene rings is 1. The van der Waals surface area contributed by atoms with Gasteiger partial charge in [0.2, 0.25) is 5.91 Å². The molecule has 0 heterocycles. The van der Waals surface area contributed by atoms with Crippen LogP contribution >= 0.6 is 0 Å². The molecule has 1 aromatic carbocycles. The number of amides is 1. The van der Waals surface area contributed by atoms with Crippen molar-refractivity contribution < 1.29 is 4.79 Å². The Morgan fingerprint density at radius 3 is 2.58 bits per heavy atom. The summed E-state index contributed by atoms with van der Waals surface area (Å²) in [5.74, 6) is 0.0879. The third-order valence-electron chi connectivity index (χ3n) is 3.34. The summed E-state index contributed by atoms with van der Waals surface area (Å²) in [5.41, 5.74) is 7.76. The molecular weight excluding hydrogens is 236 g/mol. The molecule has 0 aromatic heterocycles. The van der Waals surface area contributed by atoms with Crippen LogP contribution in [0.4, 0.5) is 0 Å². The fraction of sp³-hybridized carbons (Fsp3) is 0.562. The van der Waals surface area contributed by atoms with Crippen LogP contribution in [-0.4, -0.2) is 11.9 Å². The maximum absolute atomic E-state index is 12.0. The van der Waals surface area contributed by atoms with E-state index < -0.39 is 0 Å². The number of unbranched alkanes of at least 4 members (excludes halogenated alkanes) is 2. The second-order valence-corrected chi connectivity index (χ2v) is 5.11. The SMILES string of the molecule is CCCCCC(C)NC(=O)Cc1ccccc1CN. The van der Waals surface area contributed by atoms with E-state index in [2.05, 4.69) is 19.2 Å². The summed E-state index contributed by atoms with van der Waals surface area (Å²) in [5, 5.41) is 3.06. The van der Waals surface area contributed by atoms with Gasteiger partial charge in [0.05, 0.1) is 6.42 Å². The van der Waals surface area contributed by atoms with Gasteiger partial charge in [0, 0.05) is 12.6 Å². The van der Waals surface area contributed by atoms with E-state index in [9.17, 15) is 4.79 Å². The molecule has 0 aliphatic carbocycles. The van der Waals surface area contributed by atoms with Gasteiger partial charge in [-0.2, -0.15) is 0 Å². The van der Waals surface area contributed by atoms with Gasteiger partial charge in [-0.25, -0.2) is 0 Å². The largest absolute Gasteiger partial charge is 0.353 e. The second-order valence-electron chi connectivity index (χ2n) is 5.11. The van der Waals surface area contributed by atoms with Crippen molar-refractivity contribution in [3.63, 3.8) is 0 Å². The van der Waals surface area contributed by atoms with Crippen LogP contribution in [0, 0.1) is 0 Å². The summed E-state index contributed by atoms with van der Waals surface area (Å²) >= 11 is 0. The fourth-order valence-corrected chi connectivity index (χ4v) is 2.20. The molecule has 0 saturated carbocycles. The molecule has 0 radical (unpaired) electrons. The van der Waals surface area contributed by atoms with Crippen LogP contribution in [0.25, 0.3) is 0 Å². The third-order valence-corrected chi connectivity index (χ3v) is 3.34. The van der Waals surface area contributed by atoms with Crippen molar-refractivity contribution in [2.24, 2.45) is 5.73 Å².